The lowest BCUT2D eigenvalue weighted by Crippen LogP contribution is -2.62. The number of allylic oxidation sites excluding steroid dienone is 4. The second kappa shape index (κ2) is 11.3. The van der Waals surface area contributed by atoms with Crippen LogP contribution in [0.2, 0.25) is 10.6 Å². The zero-order valence-corrected chi connectivity index (χ0v) is 25.0. The number of benzene rings is 1. The van der Waals surface area contributed by atoms with Crippen LogP contribution in [0, 0.1) is 5.92 Å². The average Bonchev–Trinajstić information content (AvgIpc) is 3.39. The summed E-state index contributed by atoms with van der Waals surface area (Å²) in [6.07, 6.45) is 13.3. The van der Waals surface area contributed by atoms with Crippen LogP contribution in [0.25, 0.3) is 0 Å². The molecular formula is C30H42N2O3SSi. The summed E-state index contributed by atoms with van der Waals surface area (Å²) in [6, 6.07) is 10.9. The number of carbonyl (C=O) groups is 1. The van der Waals surface area contributed by atoms with Gasteiger partial charge in [0.25, 0.3) is 0 Å². The summed E-state index contributed by atoms with van der Waals surface area (Å²) in [4.78, 5) is 19.7. The molecule has 1 aromatic carbocycles. The van der Waals surface area contributed by atoms with E-state index in [1.807, 2.05) is 37.2 Å². The normalized spacial score (nSPS) is 22.9. The SMILES string of the molecule is CC(C)(C)OC(=O)N1CCCC(C(O[Si](c2ccccc2)(C2C=CC=CC2)C(C)(C)C)c2nccs2)C1. The molecular weight excluding hydrogens is 496 g/mol. The predicted octanol–water partition coefficient (Wildman–Crippen LogP) is 7.39. The van der Waals surface area contributed by atoms with Gasteiger partial charge in [-0.05, 0) is 50.3 Å². The Hall–Kier alpha value is -2.22. The number of piperidine rings is 1. The number of aromatic nitrogens is 1. The van der Waals surface area contributed by atoms with Crippen LogP contribution in [-0.2, 0) is 9.16 Å². The lowest BCUT2D eigenvalue weighted by molar-refractivity contribution is 0.00401. The van der Waals surface area contributed by atoms with Crippen LogP contribution in [0.4, 0.5) is 4.79 Å². The monoisotopic (exact) mass is 538 g/mol. The molecule has 1 aromatic heterocycles. The summed E-state index contributed by atoms with van der Waals surface area (Å²) >= 11 is 1.66. The van der Waals surface area contributed by atoms with Crippen molar-refractivity contribution in [2.24, 2.45) is 5.92 Å². The number of amides is 1. The molecule has 2 aliphatic rings. The van der Waals surface area contributed by atoms with Crippen molar-refractivity contribution < 1.29 is 14.0 Å². The molecule has 7 heteroatoms. The molecule has 4 unspecified atom stereocenters. The molecule has 2 aromatic rings. The highest BCUT2D eigenvalue weighted by Gasteiger charge is 2.55. The summed E-state index contributed by atoms with van der Waals surface area (Å²) in [5.41, 5.74) is -0.217. The second-order valence-corrected chi connectivity index (χ2v) is 17.7. The number of carbonyl (C=O) groups excluding carboxylic acids is 1. The lowest BCUT2D eigenvalue weighted by atomic mass is 9.93. The van der Waals surface area contributed by atoms with E-state index in [0.29, 0.717) is 18.6 Å². The Balaban J connectivity index is 1.75. The van der Waals surface area contributed by atoms with Gasteiger partial charge >= 0.3 is 6.09 Å². The first kappa shape index (κ1) is 27.8. The van der Waals surface area contributed by atoms with E-state index < -0.39 is 13.9 Å². The number of likely N-dealkylation sites (tertiary alicyclic amines) is 1. The number of ether oxygens (including phenoxy) is 1. The minimum absolute atomic E-state index is 0.0798. The highest BCUT2D eigenvalue weighted by Crippen LogP contribution is 2.51. The van der Waals surface area contributed by atoms with Gasteiger partial charge in [-0.25, -0.2) is 9.78 Å². The Kier molecular flexibility index (Phi) is 8.46. The minimum Gasteiger partial charge on any atom is -0.444 e. The molecule has 200 valence electrons. The van der Waals surface area contributed by atoms with Gasteiger partial charge in [-0.15, -0.1) is 11.3 Å². The van der Waals surface area contributed by atoms with E-state index in [1.54, 1.807) is 11.3 Å². The van der Waals surface area contributed by atoms with E-state index in [-0.39, 0.29) is 23.2 Å². The maximum absolute atomic E-state index is 13.0. The fraction of sp³-hybridized carbons (Fsp3) is 0.533. The molecule has 4 atom stereocenters. The van der Waals surface area contributed by atoms with Gasteiger partial charge in [-0.3, -0.25) is 0 Å². The van der Waals surface area contributed by atoms with Crippen LogP contribution in [0.15, 0.2) is 66.2 Å². The number of hydrogen-bond donors (Lipinski definition) is 0. The molecule has 2 heterocycles. The topological polar surface area (TPSA) is 51.7 Å². The lowest BCUT2D eigenvalue weighted by Gasteiger charge is -2.50. The highest BCUT2D eigenvalue weighted by molar-refractivity contribution is 7.09. The molecule has 0 N–H and O–H groups in total. The van der Waals surface area contributed by atoms with E-state index in [4.69, 9.17) is 14.1 Å². The minimum atomic E-state index is -2.67. The van der Waals surface area contributed by atoms with Gasteiger partial charge in [0.05, 0.1) is 0 Å². The third kappa shape index (κ3) is 6.27. The molecule has 4 rings (SSSR count). The van der Waals surface area contributed by atoms with Gasteiger partial charge in [-0.1, -0.05) is 75.4 Å². The van der Waals surface area contributed by atoms with Crippen molar-refractivity contribution >= 4 is 30.9 Å². The molecule has 1 aliphatic carbocycles. The maximum Gasteiger partial charge on any atom is 0.410 e. The zero-order valence-electron chi connectivity index (χ0n) is 23.1. The number of thiazole rings is 1. The Labute approximate surface area is 227 Å². The van der Waals surface area contributed by atoms with E-state index in [0.717, 1.165) is 24.3 Å². The van der Waals surface area contributed by atoms with Crippen molar-refractivity contribution in [2.45, 2.75) is 83.1 Å². The highest BCUT2D eigenvalue weighted by atomic mass is 32.1. The third-order valence-electron chi connectivity index (χ3n) is 7.37. The van der Waals surface area contributed by atoms with Crippen molar-refractivity contribution in [3.63, 3.8) is 0 Å². The fourth-order valence-corrected chi connectivity index (χ4v) is 11.9. The first-order valence-corrected chi connectivity index (χ1v) is 16.3. The van der Waals surface area contributed by atoms with Crippen molar-refractivity contribution in [3.8, 4) is 0 Å². The van der Waals surface area contributed by atoms with Gasteiger partial charge in [0.2, 0.25) is 8.32 Å². The molecule has 5 nitrogen and oxygen atoms in total. The molecule has 0 bridgehead atoms. The standard InChI is InChI=1S/C30H42N2O3SSi/c1-29(2,3)34-28(33)32-20-13-14-23(22-32)26(27-31-19-21-36-27)35-37(30(4,5)6,24-15-9-7-10-16-24)25-17-11-8-12-18-25/h7-12,15-17,19,21,23,25-26H,13-14,18,20,22H2,1-6H3. The average molecular weight is 539 g/mol. The molecule has 37 heavy (non-hydrogen) atoms. The molecule has 0 saturated carbocycles. The first-order valence-electron chi connectivity index (χ1n) is 13.5. The summed E-state index contributed by atoms with van der Waals surface area (Å²) in [7, 11) is -2.67. The number of hydrogen-bond acceptors (Lipinski definition) is 5. The summed E-state index contributed by atoms with van der Waals surface area (Å²) in [5, 5.41) is 4.27. The predicted molar refractivity (Wildman–Crippen MR) is 155 cm³/mol. The van der Waals surface area contributed by atoms with Gasteiger partial charge in [0.15, 0.2) is 0 Å². The Morgan fingerprint density at radius 2 is 1.89 bits per heavy atom. The maximum atomic E-state index is 13.0. The van der Waals surface area contributed by atoms with Gasteiger partial charge < -0.3 is 14.1 Å². The molecule has 1 aliphatic heterocycles. The van der Waals surface area contributed by atoms with E-state index >= 15 is 0 Å². The van der Waals surface area contributed by atoms with Gasteiger partial charge in [0.1, 0.15) is 16.7 Å². The summed E-state index contributed by atoms with van der Waals surface area (Å²) < 4.78 is 13.4. The quantitative estimate of drug-likeness (QED) is 0.360. The summed E-state index contributed by atoms with van der Waals surface area (Å²) in [5.74, 6) is 0.147. The Morgan fingerprint density at radius 3 is 2.49 bits per heavy atom. The fourth-order valence-electron chi connectivity index (χ4n) is 5.78. The van der Waals surface area contributed by atoms with E-state index in [9.17, 15) is 4.79 Å². The second-order valence-electron chi connectivity index (χ2n) is 12.2. The van der Waals surface area contributed by atoms with Crippen LogP contribution in [-0.4, -0.2) is 43.0 Å². The van der Waals surface area contributed by atoms with E-state index in [1.165, 1.54) is 5.19 Å². The summed E-state index contributed by atoms with van der Waals surface area (Å²) in [6.45, 7) is 14.1. The smallest absolute Gasteiger partial charge is 0.410 e. The molecule has 1 amide bonds. The third-order valence-corrected chi connectivity index (χ3v) is 13.7. The van der Waals surface area contributed by atoms with Crippen molar-refractivity contribution in [1.29, 1.82) is 0 Å². The van der Waals surface area contributed by atoms with Crippen molar-refractivity contribution in [2.75, 3.05) is 13.1 Å². The molecule has 1 fully saturated rings. The Bertz CT molecular complexity index is 1090. The van der Waals surface area contributed by atoms with Crippen LogP contribution in [0.3, 0.4) is 0 Å². The largest absolute Gasteiger partial charge is 0.444 e. The molecule has 0 radical (unpaired) electrons. The number of nitrogens with zero attached hydrogens (tertiary/aromatic N) is 2. The molecule has 1 saturated heterocycles. The van der Waals surface area contributed by atoms with Crippen LogP contribution in [0.1, 0.15) is 71.9 Å². The van der Waals surface area contributed by atoms with Crippen molar-refractivity contribution in [3.05, 3.63) is 71.2 Å². The zero-order chi connectivity index (χ0) is 26.7. The van der Waals surface area contributed by atoms with Crippen LogP contribution in [0.5, 0.6) is 0 Å². The van der Waals surface area contributed by atoms with Gasteiger partial charge in [0, 0.05) is 36.1 Å². The first-order chi connectivity index (χ1) is 17.5. The number of rotatable bonds is 6. The molecule has 0 spiro atoms. The van der Waals surface area contributed by atoms with Crippen LogP contribution >= 0.6 is 11.3 Å². The van der Waals surface area contributed by atoms with E-state index in [2.05, 4.69) is 75.4 Å². The van der Waals surface area contributed by atoms with Crippen LogP contribution < -0.4 is 5.19 Å². The Morgan fingerprint density at radius 1 is 1.14 bits per heavy atom. The van der Waals surface area contributed by atoms with Gasteiger partial charge in [-0.2, -0.15) is 0 Å². The van der Waals surface area contributed by atoms with Crippen molar-refractivity contribution in [1.82, 2.24) is 9.88 Å².